The maximum absolute atomic E-state index is 13.0. The van der Waals surface area contributed by atoms with E-state index in [1.54, 1.807) is 0 Å². The number of carbonyl (C=O) groups is 1. The van der Waals surface area contributed by atoms with Gasteiger partial charge in [0.05, 0.1) is 11.6 Å². The average Bonchev–Trinajstić information content (AvgIpc) is 2.68. The summed E-state index contributed by atoms with van der Waals surface area (Å²) in [5.74, 6) is 0.726. The number of amides is 1. The third-order valence-corrected chi connectivity index (χ3v) is 5.40. The molecule has 5 nitrogen and oxygen atoms in total. The first-order valence-electron chi connectivity index (χ1n) is 9.71. The number of hydrogen-bond acceptors (Lipinski definition) is 4. The van der Waals surface area contributed by atoms with E-state index in [4.69, 9.17) is 0 Å². The second-order valence-electron chi connectivity index (χ2n) is 7.26. The fraction of sp³-hybridized carbons (Fsp3) is 0.684. The highest BCUT2D eigenvalue weighted by Crippen LogP contribution is 2.29. The molecule has 150 valence electrons. The van der Waals surface area contributed by atoms with E-state index >= 15 is 0 Å². The predicted molar refractivity (Wildman–Crippen MR) is 97.5 cm³/mol. The van der Waals surface area contributed by atoms with Crippen LogP contribution in [-0.4, -0.2) is 66.0 Å². The van der Waals surface area contributed by atoms with Crippen molar-refractivity contribution < 1.29 is 18.0 Å². The Labute approximate surface area is 158 Å². The molecular formula is C19H27F3N4O. The second kappa shape index (κ2) is 8.46. The Balaban J connectivity index is 1.57. The highest BCUT2D eigenvalue weighted by molar-refractivity contribution is 5.82. The van der Waals surface area contributed by atoms with Crippen molar-refractivity contribution in [3.05, 3.63) is 23.9 Å². The van der Waals surface area contributed by atoms with Crippen LogP contribution >= 0.6 is 0 Å². The molecule has 0 aromatic carbocycles. The van der Waals surface area contributed by atoms with Crippen LogP contribution in [0.4, 0.5) is 19.0 Å². The molecule has 1 unspecified atom stereocenters. The molecule has 1 amide bonds. The third-order valence-electron chi connectivity index (χ3n) is 5.40. The van der Waals surface area contributed by atoms with Gasteiger partial charge in [-0.05, 0) is 44.5 Å². The molecule has 0 aliphatic carbocycles. The molecule has 2 aliphatic heterocycles. The van der Waals surface area contributed by atoms with Crippen LogP contribution in [0.25, 0.3) is 0 Å². The molecule has 1 aromatic heterocycles. The van der Waals surface area contributed by atoms with E-state index in [-0.39, 0.29) is 11.9 Å². The monoisotopic (exact) mass is 384 g/mol. The van der Waals surface area contributed by atoms with Crippen LogP contribution in [0.2, 0.25) is 0 Å². The van der Waals surface area contributed by atoms with Gasteiger partial charge in [-0.15, -0.1) is 0 Å². The minimum absolute atomic E-state index is 0.0190. The molecule has 0 bridgehead atoms. The summed E-state index contributed by atoms with van der Waals surface area (Å²) in [4.78, 5) is 23.1. The van der Waals surface area contributed by atoms with Gasteiger partial charge in [-0.2, -0.15) is 13.2 Å². The molecule has 1 aromatic rings. The number of nitrogens with zero attached hydrogens (tertiary/aromatic N) is 4. The van der Waals surface area contributed by atoms with Crippen LogP contribution in [0.5, 0.6) is 0 Å². The number of pyridine rings is 1. The Bertz CT molecular complexity index is 625. The van der Waals surface area contributed by atoms with E-state index in [1.165, 1.54) is 6.07 Å². The van der Waals surface area contributed by atoms with Crippen molar-refractivity contribution in [2.45, 2.75) is 44.8 Å². The molecule has 3 heterocycles. The molecule has 2 saturated heterocycles. The molecule has 0 saturated carbocycles. The fourth-order valence-electron chi connectivity index (χ4n) is 3.93. The van der Waals surface area contributed by atoms with Crippen LogP contribution in [0.3, 0.4) is 0 Å². The topological polar surface area (TPSA) is 39.7 Å². The molecule has 1 atom stereocenters. The highest BCUT2D eigenvalue weighted by Gasteiger charge is 2.34. The first-order valence-corrected chi connectivity index (χ1v) is 9.71. The Morgan fingerprint density at radius 1 is 1.15 bits per heavy atom. The molecule has 0 N–H and O–H groups in total. The summed E-state index contributed by atoms with van der Waals surface area (Å²) >= 11 is 0. The van der Waals surface area contributed by atoms with E-state index in [0.29, 0.717) is 32.0 Å². The predicted octanol–water partition coefficient (Wildman–Crippen LogP) is 3.01. The van der Waals surface area contributed by atoms with E-state index in [9.17, 15) is 18.0 Å². The zero-order chi connectivity index (χ0) is 19.4. The first-order chi connectivity index (χ1) is 12.9. The number of halogens is 3. The van der Waals surface area contributed by atoms with Gasteiger partial charge in [0.1, 0.15) is 5.82 Å². The van der Waals surface area contributed by atoms with Gasteiger partial charge in [-0.1, -0.05) is 13.3 Å². The summed E-state index contributed by atoms with van der Waals surface area (Å²) in [5.41, 5.74) is -0.742. The van der Waals surface area contributed by atoms with Gasteiger partial charge >= 0.3 is 6.18 Å². The average molecular weight is 384 g/mol. The Kier molecular flexibility index (Phi) is 6.24. The van der Waals surface area contributed by atoms with E-state index in [0.717, 1.165) is 51.0 Å². The number of likely N-dealkylation sites (tertiary alicyclic amines) is 1. The van der Waals surface area contributed by atoms with Crippen molar-refractivity contribution in [1.29, 1.82) is 0 Å². The van der Waals surface area contributed by atoms with Gasteiger partial charge in [-0.25, -0.2) is 4.98 Å². The van der Waals surface area contributed by atoms with Gasteiger partial charge < -0.3 is 9.80 Å². The molecule has 27 heavy (non-hydrogen) atoms. The second-order valence-corrected chi connectivity index (χ2v) is 7.26. The number of piperidine rings is 1. The van der Waals surface area contributed by atoms with Crippen molar-refractivity contribution in [2.24, 2.45) is 0 Å². The van der Waals surface area contributed by atoms with Gasteiger partial charge in [0.2, 0.25) is 5.91 Å². The molecule has 2 fully saturated rings. The lowest BCUT2D eigenvalue weighted by atomic mass is 10.00. The van der Waals surface area contributed by atoms with Crippen molar-refractivity contribution in [3.8, 4) is 0 Å². The summed E-state index contributed by atoms with van der Waals surface area (Å²) in [7, 11) is 0. The van der Waals surface area contributed by atoms with Crippen LogP contribution in [-0.2, 0) is 11.0 Å². The van der Waals surface area contributed by atoms with Crippen LogP contribution in [0.1, 0.15) is 38.2 Å². The summed E-state index contributed by atoms with van der Waals surface area (Å²) in [5, 5.41) is 0. The maximum atomic E-state index is 13.0. The van der Waals surface area contributed by atoms with Crippen molar-refractivity contribution >= 4 is 11.7 Å². The van der Waals surface area contributed by atoms with Crippen LogP contribution < -0.4 is 4.90 Å². The number of alkyl halides is 3. The highest BCUT2D eigenvalue weighted by atomic mass is 19.4. The van der Waals surface area contributed by atoms with Gasteiger partial charge in [0, 0.05) is 32.4 Å². The SMILES string of the molecule is CCCN1CCCCC1C(=O)N1CCN(c2ccc(C(F)(F)F)cn2)CC1. The molecule has 0 spiro atoms. The molecule has 0 radical (unpaired) electrons. The summed E-state index contributed by atoms with van der Waals surface area (Å²) in [6.07, 6.45) is 0.693. The van der Waals surface area contributed by atoms with Crippen molar-refractivity contribution in [2.75, 3.05) is 44.2 Å². The number of anilines is 1. The lowest BCUT2D eigenvalue weighted by Crippen LogP contribution is -2.56. The standard InChI is InChI=1S/C19H27F3N4O/c1-2-8-24-9-4-3-5-16(24)18(27)26-12-10-25(11-13-26)17-7-6-15(14-23-17)19(20,21)22/h6-7,14,16H,2-5,8-13H2,1H3. The number of rotatable bonds is 4. The lowest BCUT2D eigenvalue weighted by molar-refractivity contribution is -0.139. The van der Waals surface area contributed by atoms with Gasteiger partial charge in [0.25, 0.3) is 0 Å². The molecular weight excluding hydrogens is 357 g/mol. The zero-order valence-electron chi connectivity index (χ0n) is 15.7. The largest absolute Gasteiger partial charge is 0.417 e. The van der Waals surface area contributed by atoms with E-state index < -0.39 is 11.7 Å². The molecule has 8 heteroatoms. The Morgan fingerprint density at radius 3 is 2.48 bits per heavy atom. The first kappa shape index (κ1) is 19.9. The minimum Gasteiger partial charge on any atom is -0.353 e. The zero-order valence-corrected chi connectivity index (χ0v) is 15.7. The van der Waals surface area contributed by atoms with Crippen molar-refractivity contribution in [3.63, 3.8) is 0 Å². The molecule has 3 rings (SSSR count). The molecule has 2 aliphatic rings. The fourth-order valence-corrected chi connectivity index (χ4v) is 3.93. The number of hydrogen-bond donors (Lipinski definition) is 0. The third kappa shape index (κ3) is 4.72. The number of carbonyl (C=O) groups excluding carboxylic acids is 1. The number of aromatic nitrogens is 1. The summed E-state index contributed by atoms with van der Waals surface area (Å²) < 4.78 is 38.0. The van der Waals surface area contributed by atoms with E-state index in [2.05, 4.69) is 16.8 Å². The Hall–Kier alpha value is -1.83. The summed E-state index contributed by atoms with van der Waals surface area (Å²) in [6.45, 7) is 6.41. The maximum Gasteiger partial charge on any atom is 0.417 e. The van der Waals surface area contributed by atoms with Crippen molar-refractivity contribution in [1.82, 2.24) is 14.8 Å². The minimum atomic E-state index is -4.37. The van der Waals surface area contributed by atoms with Gasteiger partial charge in [-0.3, -0.25) is 9.69 Å². The lowest BCUT2D eigenvalue weighted by Gasteiger charge is -2.41. The summed E-state index contributed by atoms with van der Waals surface area (Å²) in [6, 6.07) is 2.45. The van der Waals surface area contributed by atoms with Gasteiger partial charge in [0.15, 0.2) is 0 Å². The quantitative estimate of drug-likeness (QED) is 0.800. The smallest absolute Gasteiger partial charge is 0.353 e. The number of piperazine rings is 1. The van der Waals surface area contributed by atoms with E-state index in [1.807, 2.05) is 9.80 Å². The van der Waals surface area contributed by atoms with Crippen LogP contribution in [0.15, 0.2) is 18.3 Å². The Morgan fingerprint density at radius 2 is 1.89 bits per heavy atom. The normalized spacial score (nSPS) is 22.1. The van der Waals surface area contributed by atoms with Crippen LogP contribution in [0, 0.1) is 0 Å².